The van der Waals surface area contributed by atoms with Crippen LogP contribution in [0, 0.1) is 6.92 Å². The van der Waals surface area contributed by atoms with Crippen LogP contribution >= 0.6 is 0 Å². The van der Waals surface area contributed by atoms with E-state index in [-0.39, 0.29) is 17.9 Å². The SMILES string of the molecule is Cc1cnn(C2CCN(CC(=O)N3c4ccccc4NC(=O)C[C@@H]3C)CC2)c1. The van der Waals surface area contributed by atoms with Gasteiger partial charge in [0.25, 0.3) is 0 Å². The number of para-hydroxylation sites is 2. The average Bonchev–Trinajstić information content (AvgIpc) is 3.04. The molecule has 28 heavy (non-hydrogen) atoms. The van der Waals surface area contributed by atoms with E-state index < -0.39 is 0 Å². The summed E-state index contributed by atoms with van der Waals surface area (Å²) in [6.07, 6.45) is 6.26. The molecule has 1 aromatic carbocycles. The van der Waals surface area contributed by atoms with Crippen LogP contribution in [0.5, 0.6) is 0 Å². The van der Waals surface area contributed by atoms with E-state index in [1.165, 1.54) is 5.56 Å². The van der Waals surface area contributed by atoms with Crippen molar-refractivity contribution < 1.29 is 9.59 Å². The van der Waals surface area contributed by atoms with Crippen molar-refractivity contribution in [2.75, 3.05) is 29.9 Å². The number of hydrogen-bond acceptors (Lipinski definition) is 4. The van der Waals surface area contributed by atoms with Crippen LogP contribution in [0.4, 0.5) is 11.4 Å². The molecule has 2 aliphatic rings. The molecule has 1 atom stereocenters. The Labute approximate surface area is 165 Å². The second-order valence-corrected chi connectivity index (χ2v) is 7.89. The monoisotopic (exact) mass is 381 g/mol. The first-order chi connectivity index (χ1) is 13.5. The van der Waals surface area contributed by atoms with Crippen LogP contribution in [0.3, 0.4) is 0 Å². The lowest BCUT2D eigenvalue weighted by Gasteiger charge is -2.34. The summed E-state index contributed by atoms with van der Waals surface area (Å²) in [4.78, 5) is 29.3. The average molecular weight is 381 g/mol. The standard InChI is InChI=1S/C21H27N5O2/c1-15-12-22-25(13-15)17-7-9-24(10-8-17)14-21(28)26-16(2)11-20(27)23-18-5-3-4-6-19(18)26/h3-6,12-13,16-17H,7-11,14H2,1-2H3,(H,23,27)/t16-/m0/s1. The maximum Gasteiger partial charge on any atom is 0.241 e. The quantitative estimate of drug-likeness (QED) is 0.887. The highest BCUT2D eigenvalue weighted by Gasteiger charge is 2.31. The minimum absolute atomic E-state index is 0.0461. The molecule has 0 radical (unpaired) electrons. The summed E-state index contributed by atoms with van der Waals surface area (Å²) in [5.41, 5.74) is 2.67. The molecule has 1 saturated heterocycles. The summed E-state index contributed by atoms with van der Waals surface area (Å²) < 4.78 is 2.05. The molecule has 1 aromatic heterocycles. The summed E-state index contributed by atoms with van der Waals surface area (Å²) in [5.74, 6) is -0.00425. The van der Waals surface area contributed by atoms with Crippen molar-refractivity contribution in [2.45, 2.75) is 45.2 Å². The summed E-state index contributed by atoms with van der Waals surface area (Å²) in [7, 11) is 0. The topological polar surface area (TPSA) is 70.5 Å². The van der Waals surface area contributed by atoms with Crippen LogP contribution in [0.1, 0.15) is 37.8 Å². The van der Waals surface area contributed by atoms with Gasteiger partial charge >= 0.3 is 0 Å². The summed E-state index contributed by atoms with van der Waals surface area (Å²) in [6, 6.07) is 7.77. The zero-order chi connectivity index (χ0) is 19.7. The molecule has 1 fully saturated rings. The third kappa shape index (κ3) is 3.80. The first kappa shape index (κ1) is 18.7. The molecular formula is C21H27N5O2. The molecule has 148 valence electrons. The van der Waals surface area contributed by atoms with E-state index in [1.54, 1.807) is 4.90 Å². The number of fused-ring (bicyclic) bond motifs is 1. The number of benzene rings is 1. The molecule has 4 rings (SSSR count). The summed E-state index contributed by atoms with van der Waals surface area (Å²) >= 11 is 0. The fourth-order valence-corrected chi connectivity index (χ4v) is 4.21. The minimum Gasteiger partial charge on any atom is -0.324 e. The summed E-state index contributed by atoms with van der Waals surface area (Å²) in [6.45, 7) is 6.10. The second-order valence-electron chi connectivity index (χ2n) is 7.89. The van der Waals surface area contributed by atoms with Gasteiger partial charge in [0.05, 0.1) is 30.2 Å². The van der Waals surface area contributed by atoms with Crippen molar-refractivity contribution in [3.8, 4) is 0 Å². The van der Waals surface area contributed by atoms with E-state index in [9.17, 15) is 9.59 Å². The first-order valence-electron chi connectivity index (χ1n) is 9.95. The number of anilines is 2. The number of piperidine rings is 1. The number of hydrogen-bond donors (Lipinski definition) is 1. The predicted octanol–water partition coefficient (Wildman–Crippen LogP) is 2.59. The third-order valence-corrected chi connectivity index (χ3v) is 5.65. The number of likely N-dealkylation sites (tertiary alicyclic amines) is 1. The maximum atomic E-state index is 13.2. The van der Waals surface area contributed by atoms with Crippen LogP contribution in [0.25, 0.3) is 0 Å². The number of aromatic nitrogens is 2. The molecule has 2 amide bonds. The number of carbonyl (C=O) groups excluding carboxylic acids is 2. The Hall–Kier alpha value is -2.67. The lowest BCUT2D eigenvalue weighted by atomic mass is 10.1. The van der Waals surface area contributed by atoms with Gasteiger partial charge in [0.2, 0.25) is 11.8 Å². The number of nitrogens with one attached hydrogen (secondary N) is 1. The van der Waals surface area contributed by atoms with E-state index in [0.29, 0.717) is 24.7 Å². The smallest absolute Gasteiger partial charge is 0.241 e. The Bertz CT molecular complexity index is 869. The van der Waals surface area contributed by atoms with Crippen molar-refractivity contribution >= 4 is 23.2 Å². The zero-order valence-electron chi connectivity index (χ0n) is 16.5. The van der Waals surface area contributed by atoms with Gasteiger partial charge in [0.15, 0.2) is 0 Å². The Morgan fingerprint density at radius 1 is 1.25 bits per heavy atom. The molecule has 0 bridgehead atoms. The van der Waals surface area contributed by atoms with Gasteiger partial charge in [-0.15, -0.1) is 0 Å². The molecule has 2 aromatic rings. The lowest BCUT2D eigenvalue weighted by molar-refractivity contribution is -0.120. The number of amides is 2. The van der Waals surface area contributed by atoms with Gasteiger partial charge in [-0.25, -0.2) is 0 Å². The number of carbonyl (C=O) groups is 2. The van der Waals surface area contributed by atoms with E-state index in [4.69, 9.17) is 0 Å². The van der Waals surface area contributed by atoms with Crippen molar-refractivity contribution in [1.29, 1.82) is 0 Å². The number of nitrogens with zero attached hydrogens (tertiary/aromatic N) is 4. The highest BCUT2D eigenvalue weighted by molar-refractivity contribution is 6.04. The van der Waals surface area contributed by atoms with Gasteiger partial charge in [-0.3, -0.25) is 19.2 Å². The molecule has 7 heteroatoms. The van der Waals surface area contributed by atoms with Gasteiger partial charge in [-0.2, -0.15) is 5.10 Å². The fourth-order valence-electron chi connectivity index (χ4n) is 4.21. The number of aryl methyl sites for hydroxylation is 1. The normalized spacial score (nSPS) is 21.1. The highest BCUT2D eigenvalue weighted by atomic mass is 16.2. The molecule has 2 aliphatic heterocycles. The van der Waals surface area contributed by atoms with Crippen molar-refractivity contribution in [2.24, 2.45) is 0 Å². The summed E-state index contributed by atoms with van der Waals surface area (Å²) in [5, 5.41) is 7.35. The Morgan fingerprint density at radius 2 is 2.00 bits per heavy atom. The minimum atomic E-state index is -0.166. The van der Waals surface area contributed by atoms with Gasteiger partial charge < -0.3 is 10.2 Å². The fraction of sp³-hybridized carbons (Fsp3) is 0.476. The van der Waals surface area contributed by atoms with E-state index in [0.717, 1.165) is 31.6 Å². The molecule has 0 aliphatic carbocycles. The van der Waals surface area contributed by atoms with Crippen LogP contribution in [-0.2, 0) is 9.59 Å². The molecule has 1 N–H and O–H groups in total. The van der Waals surface area contributed by atoms with Crippen molar-refractivity contribution in [3.63, 3.8) is 0 Å². The van der Waals surface area contributed by atoms with Crippen molar-refractivity contribution in [1.82, 2.24) is 14.7 Å². The molecule has 0 unspecified atom stereocenters. The van der Waals surface area contributed by atoms with Crippen LogP contribution in [-0.4, -0.2) is 52.2 Å². The largest absolute Gasteiger partial charge is 0.324 e. The highest BCUT2D eigenvalue weighted by Crippen LogP contribution is 2.31. The Morgan fingerprint density at radius 3 is 2.71 bits per heavy atom. The van der Waals surface area contributed by atoms with Crippen LogP contribution in [0.15, 0.2) is 36.7 Å². The number of rotatable bonds is 3. The van der Waals surface area contributed by atoms with Crippen LogP contribution in [0.2, 0.25) is 0 Å². The first-order valence-corrected chi connectivity index (χ1v) is 9.95. The van der Waals surface area contributed by atoms with E-state index in [1.807, 2.05) is 37.4 Å². The van der Waals surface area contributed by atoms with E-state index >= 15 is 0 Å². The molecule has 7 nitrogen and oxygen atoms in total. The van der Waals surface area contributed by atoms with Gasteiger partial charge in [0, 0.05) is 31.7 Å². The maximum absolute atomic E-state index is 13.2. The van der Waals surface area contributed by atoms with Gasteiger partial charge in [0.1, 0.15) is 0 Å². The molecule has 0 spiro atoms. The van der Waals surface area contributed by atoms with Gasteiger partial charge in [-0.1, -0.05) is 12.1 Å². The van der Waals surface area contributed by atoms with Crippen molar-refractivity contribution in [3.05, 3.63) is 42.2 Å². The molecule has 0 saturated carbocycles. The Balaban J connectivity index is 1.43. The Kier molecular flexibility index (Phi) is 5.17. The molecule has 3 heterocycles. The molecular weight excluding hydrogens is 354 g/mol. The predicted molar refractivity (Wildman–Crippen MR) is 108 cm³/mol. The second kappa shape index (κ2) is 7.75. The van der Waals surface area contributed by atoms with E-state index in [2.05, 4.69) is 33.1 Å². The zero-order valence-corrected chi connectivity index (χ0v) is 16.5. The van der Waals surface area contributed by atoms with Gasteiger partial charge in [-0.05, 0) is 44.4 Å². The lowest BCUT2D eigenvalue weighted by Crippen LogP contribution is -2.47. The van der Waals surface area contributed by atoms with Crippen LogP contribution < -0.4 is 10.2 Å². The third-order valence-electron chi connectivity index (χ3n) is 5.65.